The van der Waals surface area contributed by atoms with Crippen LogP contribution in [0.4, 0.5) is 0 Å². The summed E-state index contributed by atoms with van der Waals surface area (Å²) in [6.45, 7) is 14.3. The van der Waals surface area contributed by atoms with E-state index in [-0.39, 0.29) is 5.04 Å². The van der Waals surface area contributed by atoms with Crippen LogP contribution in [0.5, 0.6) is 5.75 Å². The molecule has 0 amide bonds. The van der Waals surface area contributed by atoms with E-state index in [1.807, 2.05) is 19.1 Å². The number of benzene rings is 1. The van der Waals surface area contributed by atoms with Gasteiger partial charge in [-0.05, 0) is 42.8 Å². The molecule has 0 bridgehead atoms. The molecule has 0 spiro atoms. The Hall–Kier alpha value is -0.0331. The molecule has 0 aliphatic carbocycles. The first-order valence-electron chi connectivity index (χ1n) is 6.77. The van der Waals surface area contributed by atoms with Gasteiger partial charge in [0.2, 0.25) is 0 Å². The van der Waals surface area contributed by atoms with Crippen molar-refractivity contribution >= 4 is 35.8 Å². The maximum Gasteiger partial charge on any atom is 0.192 e. The van der Waals surface area contributed by atoms with Gasteiger partial charge >= 0.3 is 0 Å². The molecule has 1 aromatic rings. The van der Waals surface area contributed by atoms with Crippen LogP contribution in [0.15, 0.2) is 16.6 Å². The zero-order valence-electron chi connectivity index (χ0n) is 13.1. The minimum Gasteiger partial charge on any atom is -0.489 e. The summed E-state index contributed by atoms with van der Waals surface area (Å²) >= 11 is 9.61. The smallest absolute Gasteiger partial charge is 0.192 e. The Balaban J connectivity index is 2.55. The van der Waals surface area contributed by atoms with Crippen LogP contribution in [0.3, 0.4) is 0 Å². The van der Waals surface area contributed by atoms with Crippen LogP contribution >= 0.6 is 27.5 Å². The van der Waals surface area contributed by atoms with E-state index in [1.54, 1.807) is 0 Å². The van der Waals surface area contributed by atoms with Gasteiger partial charge in [-0.3, -0.25) is 0 Å². The highest BCUT2D eigenvalue weighted by molar-refractivity contribution is 9.10. The second-order valence-electron chi connectivity index (χ2n) is 6.49. The predicted molar refractivity (Wildman–Crippen MR) is 92.5 cm³/mol. The fourth-order valence-electron chi connectivity index (χ4n) is 1.53. The third-order valence-electron chi connectivity index (χ3n) is 3.79. The SMILES string of the molecule is Cc1cc(Br)cc(Cl)c1OCCO[Si](C)(C)C(C)(C)C. The molecule has 5 heteroatoms. The maximum absolute atomic E-state index is 6.19. The lowest BCUT2D eigenvalue weighted by molar-refractivity contribution is 0.203. The number of aryl methyl sites for hydroxylation is 1. The standard InChI is InChI=1S/C15H24BrClO2Si/c1-11-9-12(16)10-13(17)14(11)18-7-8-19-20(5,6)15(2,3)4/h9-10H,7-8H2,1-6H3. The zero-order chi connectivity index (χ0) is 15.6. The third-order valence-corrected chi connectivity index (χ3v) is 9.07. The first-order chi connectivity index (χ1) is 9.04. The van der Waals surface area contributed by atoms with Gasteiger partial charge in [-0.2, -0.15) is 0 Å². The van der Waals surface area contributed by atoms with E-state index in [0.29, 0.717) is 18.2 Å². The minimum atomic E-state index is -1.70. The Morgan fingerprint density at radius 1 is 1.20 bits per heavy atom. The Labute approximate surface area is 137 Å². The van der Waals surface area contributed by atoms with Crippen molar-refractivity contribution in [3.63, 3.8) is 0 Å². The molecular weight excluding hydrogens is 356 g/mol. The molecule has 114 valence electrons. The number of hydrogen-bond donors (Lipinski definition) is 0. The first kappa shape index (κ1) is 18.0. The van der Waals surface area contributed by atoms with Gasteiger partial charge in [0, 0.05) is 4.47 Å². The maximum atomic E-state index is 6.19. The Morgan fingerprint density at radius 3 is 2.30 bits per heavy atom. The summed E-state index contributed by atoms with van der Waals surface area (Å²) in [4.78, 5) is 0. The zero-order valence-corrected chi connectivity index (χ0v) is 16.5. The van der Waals surface area contributed by atoms with E-state index in [2.05, 4.69) is 49.8 Å². The van der Waals surface area contributed by atoms with E-state index in [0.717, 1.165) is 15.8 Å². The number of hydrogen-bond acceptors (Lipinski definition) is 2. The highest BCUT2D eigenvalue weighted by atomic mass is 79.9. The van der Waals surface area contributed by atoms with Crippen LogP contribution in [0.2, 0.25) is 23.2 Å². The number of rotatable bonds is 5. The predicted octanol–water partition coefficient (Wildman–Crippen LogP) is 5.81. The summed E-state index contributed by atoms with van der Waals surface area (Å²) in [7, 11) is -1.70. The minimum absolute atomic E-state index is 0.220. The molecule has 0 heterocycles. The molecule has 0 aliphatic heterocycles. The fourth-order valence-corrected chi connectivity index (χ4v) is 3.58. The van der Waals surface area contributed by atoms with Crippen molar-refractivity contribution < 1.29 is 9.16 Å². The molecule has 20 heavy (non-hydrogen) atoms. The van der Waals surface area contributed by atoms with E-state index in [9.17, 15) is 0 Å². The van der Waals surface area contributed by atoms with Gasteiger partial charge in [0.25, 0.3) is 0 Å². The van der Waals surface area contributed by atoms with Crippen molar-refractivity contribution in [2.45, 2.75) is 45.8 Å². The fraction of sp³-hybridized carbons (Fsp3) is 0.600. The topological polar surface area (TPSA) is 18.5 Å². The second kappa shape index (κ2) is 6.82. The first-order valence-corrected chi connectivity index (χ1v) is 10.8. The molecule has 2 nitrogen and oxygen atoms in total. The quantitative estimate of drug-likeness (QED) is 0.474. The van der Waals surface area contributed by atoms with Crippen LogP contribution in [-0.4, -0.2) is 21.5 Å². The molecule has 0 aliphatic rings. The molecule has 0 fully saturated rings. The van der Waals surface area contributed by atoms with E-state index in [4.69, 9.17) is 20.8 Å². The van der Waals surface area contributed by atoms with Crippen LogP contribution in [0, 0.1) is 6.92 Å². The lowest BCUT2D eigenvalue weighted by atomic mass is 10.2. The average molecular weight is 380 g/mol. The monoisotopic (exact) mass is 378 g/mol. The Kier molecular flexibility index (Phi) is 6.14. The summed E-state index contributed by atoms with van der Waals surface area (Å²) in [6.07, 6.45) is 0. The van der Waals surface area contributed by atoms with Gasteiger partial charge < -0.3 is 9.16 Å². The van der Waals surface area contributed by atoms with Crippen molar-refractivity contribution in [2.24, 2.45) is 0 Å². The van der Waals surface area contributed by atoms with Gasteiger partial charge in [0.1, 0.15) is 12.4 Å². The molecule has 0 unspecified atom stereocenters. The molecule has 1 aromatic carbocycles. The summed E-state index contributed by atoms with van der Waals surface area (Å²) < 4.78 is 12.8. The lowest BCUT2D eigenvalue weighted by Crippen LogP contribution is -2.41. The number of halogens is 2. The lowest BCUT2D eigenvalue weighted by Gasteiger charge is -2.36. The van der Waals surface area contributed by atoms with Gasteiger partial charge in [0.15, 0.2) is 8.32 Å². The molecular formula is C15H24BrClO2Si. The number of ether oxygens (including phenoxy) is 1. The van der Waals surface area contributed by atoms with Crippen molar-refractivity contribution in [1.82, 2.24) is 0 Å². The van der Waals surface area contributed by atoms with Gasteiger partial charge in [0.05, 0.1) is 11.6 Å². The Morgan fingerprint density at radius 2 is 1.80 bits per heavy atom. The van der Waals surface area contributed by atoms with Crippen molar-refractivity contribution in [2.75, 3.05) is 13.2 Å². The molecule has 0 radical (unpaired) electrons. The summed E-state index contributed by atoms with van der Waals surface area (Å²) in [5.41, 5.74) is 1.02. The van der Waals surface area contributed by atoms with Crippen LogP contribution in [0.1, 0.15) is 26.3 Å². The summed E-state index contributed by atoms with van der Waals surface area (Å²) in [5.74, 6) is 0.744. The molecule has 0 atom stereocenters. The van der Waals surface area contributed by atoms with E-state index >= 15 is 0 Å². The van der Waals surface area contributed by atoms with E-state index < -0.39 is 8.32 Å². The van der Waals surface area contributed by atoms with Crippen molar-refractivity contribution in [3.05, 3.63) is 27.2 Å². The highest BCUT2D eigenvalue weighted by Crippen LogP contribution is 2.36. The molecule has 0 saturated carbocycles. The highest BCUT2D eigenvalue weighted by Gasteiger charge is 2.36. The van der Waals surface area contributed by atoms with Crippen LogP contribution < -0.4 is 4.74 Å². The van der Waals surface area contributed by atoms with Crippen LogP contribution in [0.25, 0.3) is 0 Å². The normalized spacial score (nSPS) is 12.6. The summed E-state index contributed by atoms with van der Waals surface area (Å²) in [5, 5.41) is 0.849. The summed E-state index contributed by atoms with van der Waals surface area (Å²) in [6, 6.07) is 3.84. The Bertz CT molecular complexity index is 446. The molecule has 0 aromatic heterocycles. The van der Waals surface area contributed by atoms with Gasteiger partial charge in [-0.15, -0.1) is 0 Å². The molecule has 0 saturated heterocycles. The van der Waals surface area contributed by atoms with Crippen molar-refractivity contribution in [3.8, 4) is 5.75 Å². The third kappa shape index (κ3) is 4.76. The van der Waals surface area contributed by atoms with Crippen molar-refractivity contribution in [1.29, 1.82) is 0 Å². The van der Waals surface area contributed by atoms with Gasteiger partial charge in [-0.25, -0.2) is 0 Å². The van der Waals surface area contributed by atoms with Gasteiger partial charge in [-0.1, -0.05) is 48.3 Å². The molecule has 1 rings (SSSR count). The molecule has 0 N–H and O–H groups in total. The average Bonchev–Trinajstić information content (AvgIpc) is 2.24. The largest absolute Gasteiger partial charge is 0.489 e. The van der Waals surface area contributed by atoms with E-state index in [1.165, 1.54) is 0 Å². The van der Waals surface area contributed by atoms with Crippen LogP contribution in [-0.2, 0) is 4.43 Å². The second-order valence-corrected chi connectivity index (χ2v) is 12.6.